The number of aromatic hydroxyl groups is 1. The maximum Gasteiger partial charge on any atom is 0.228 e. The number of para-hydroxylation sites is 1. The van der Waals surface area contributed by atoms with E-state index >= 15 is 0 Å². The van der Waals surface area contributed by atoms with E-state index in [1.165, 1.54) is 0 Å². The molecule has 1 amide bonds. The number of fused-ring (bicyclic) bond motifs is 3. The lowest BCUT2D eigenvalue weighted by atomic mass is 9.97. The van der Waals surface area contributed by atoms with Crippen LogP contribution in [0.4, 0.5) is 5.69 Å². The van der Waals surface area contributed by atoms with E-state index in [1.54, 1.807) is 12.1 Å². The third-order valence-electron chi connectivity index (χ3n) is 2.93. The average molecular weight is 225 g/mol. The Hall–Kier alpha value is -2.29. The minimum Gasteiger partial charge on any atom is -0.508 e. The highest BCUT2D eigenvalue weighted by Gasteiger charge is 2.18. The van der Waals surface area contributed by atoms with E-state index in [-0.39, 0.29) is 11.7 Å². The maximum absolute atomic E-state index is 11.7. The summed E-state index contributed by atoms with van der Waals surface area (Å²) < 4.78 is 0. The zero-order chi connectivity index (χ0) is 11.8. The van der Waals surface area contributed by atoms with Gasteiger partial charge in [-0.2, -0.15) is 0 Å². The van der Waals surface area contributed by atoms with Crippen LogP contribution >= 0.6 is 0 Å². The highest BCUT2D eigenvalue weighted by Crippen LogP contribution is 2.34. The van der Waals surface area contributed by atoms with Crippen LogP contribution in [0.3, 0.4) is 0 Å². The van der Waals surface area contributed by atoms with E-state index in [4.69, 9.17) is 0 Å². The molecule has 0 saturated carbocycles. The van der Waals surface area contributed by atoms with Crippen LogP contribution in [-0.4, -0.2) is 11.0 Å². The van der Waals surface area contributed by atoms with Crippen LogP contribution in [0, 0.1) is 0 Å². The second kappa shape index (κ2) is 3.63. The summed E-state index contributed by atoms with van der Waals surface area (Å²) >= 11 is 0. The van der Waals surface area contributed by atoms with E-state index in [0.29, 0.717) is 6.42 Å². The first-order valence-electron chi connectivity index (χ1n) is 5.45. The normalized spacial score (nSPS) is 13.3. The summed E-state index contributed by atoms with van der Waals surface area (Å²) in [6, 6.07) is 12.8. The van der Waals surface area contributed by atoms with Gasteiger partial charge in [0.2, 0.25) is 5.91 Å². The van der Waals surface area contributed by atoms with Gasteiger partial charge >= 0.3 is 0 Å². The van der Waals surface area contributed by atoms with Crippen molar-refractivity contribution in [2.75, 3.05) is 5.32 Å². The lowest BCUT2D eigenvalue weighted by molar-refractivity contribution is -0.115. The largest absolute Gasteiger partial charge is 0.508 e. The lowest BCUT2D eigenvalue weighted by Crippen LogP contribution is -2.12. The Labute approximate surface area is 98.7 Å². The van der Waals surface area contributed by atoms with Crippen LogP contribution < -0.4 is 5.32 Å². The van der Waals surface area contributed by atoms with Crippen molar-refractivity contribution in [3.8, 4) is 16.9 Å². The number of hydrogen-bond donors (Lipinski definition) is 2. The van der Waals surface area contributed by atoms with Crippen molar-refractivity contribution in [3.63, 3.8) is 0 Å². The van der Waals surface area contributed by atoms with Gasteiger partial charge in [0.1, 0.15) is 5.75 Å². The smallest absolute Gasteiger partial charge is 0.228 e. The number of rotatable bonds is 0. The van der Waals surface area contributed by atoms with E-state index in [2.05, 4.69) is 5.32 Å². The fraction of sp³-hybridized carbons (Fsp3) is 0.0714. The molecule has 3 heteroatoms. The van der Waals surface area contributed by atoms with E-state index in [9.17, 15) is 9.90 Å². The average Bonchev–Trinajstić information content (AvgIpc) is 2.43. The topological polar surface area (TPSA) is 49.3 Å². The summed E-state index contributed by atoms with van der Waals surface area (Å²) in [5.74, 6) is 0.137. The maximum atomic E-state index is 11.7. The molecule has 1 aliphatic rings. The van der Waals surface area contributed by atoms with Crippen molar-refractivity contribution in [1.29, 1.82) is 0 Å². The zero-order valence-corrected chi connectivity index (χ0v) is 9.10. The second-order valence-corrected chi connectivity index (χ2v) is 4.11. The van der Waals surface area contributed by atoms with Crippen LogP contribution in [0.1, 0.15) is 5.56 Å². The monoisotopic (exact) mass is 225 g/mol. The van der Waals surface area contributed by atoms with Gasteiger partial charge in [0.15, 0.2) is 0 Å². The molecule has 17 heavy (non-hydrogen) atoms. The Balaban J connectivity index is 2.29. The van der Waals surface area contributed by atoms with Gasteiger partial charge in [0.25, 0.3) is 0 Å². The number of carbonyl (C=O) groups is 1. The predicted octanol–water partition coefficient (Wildman–Crippen LogP) is 2.55. The van der Waals surface area contributed by atoms with Crippen molar-refractivity contribution >= 4 is 11.6 Å². The number of amides is 1. The SMILES string of the molecule is O=C1Cc2cc(O)ccc2-c2ccccc2N1. The van der Waals surface area contributed by atoms with E-state index < -0.39 is 0 Å². The van der Waals surface area contributed by atoms with Crippen molar-refractivity contribution in [2.24, 2.45) is 0 Å². The summed E-state index contributed by atoms with van der Waals surface area (Å²) in [5.41, 5.74) is 3.67. The highest BCUT2D eigenvalue weighted by molar-refractivity contribution is 6.00. The number of benzene rings is 2. The van der Waals surface area contributed by atoms with Gasteiger partial charge in [0.05, 0.1) is 6.42 Å². The molecule has 0 spiro atoms. The molecule has 0 atom stereocenters. The fourth-order valence-electron chi connectivity index (χ4n) is 2.18. The molecule has 1 aliphatic heterocycles. The van der Waals surface area contributed by atoms with Crippen LogP contribution in [0.5, 0.6) is 5.75 Å². The van der Waals surface area contributed by atoms with Crippen LogP contribution in [-0.2, 0) is 11.2 Å². The second-order valence-electron chi connectivity index (χ2n) is 4.11. The molecular formula is C14H11NO2. The lowest BCUT2D eigenvalue weighted by Gasteiger charge is -2.08. The molecule has 2 N–H and O–H groups in total. The molecular weight excluding hydrogens is 214 g/mol. The quantitative estimate of drug-likeness (QED) is 0.723. The van der Waals surface area contributed by atoms with Gasteiger partial charge in [0, 0.05) is 11.3 Å². The number of carbonyl (C=O) groups excluding carboxylic acids is 1. The summed E-state index contributed by atoms with van der Waals surface area (Å²) in [7, 11) is 0. The number of nitrogens with one attached hydrogen (secondary N) is 1. The number of hydrogen-bond acceptors (Lipinski definition) is 2. The molecule has 3 rings (SSSR count). The van der Waals surface area contributed by atoms with Gasteiger partial charge < -0.3 is 10.4 Å². The summed E-state index contributed by atoms with van der Waals surface area (Å²) in [4.78, 5) is 11.7. The Kier molecular flexibility index (Phi) is 2.11. The first-order valence-corrected chi connectivity index (χ1v) is 5.45. The molecule has 3 nitrogen and oxygen atoms in total. The van der Waals surface area contributed by atoms with Crippen molar-refractivity contribution in [1.82, 2.24) is 0 Å². The number of phenols is 1. The Morgan fingerprint density at radius 3 is 2.76 bits per heavy atom. The Morgan fingerprint density at radius 1 is 1.06 bits per heavy atom. The molecule has 1 heterocycles. The Bertz CT molecular complexity index is 605. The molecule has 0 unspecified atom stereocenters. The van der Waals surface area contributed by atoms with Crippen LogP contribution in [0.15, 0.2) is 42.5 Å². The van der Waals surface area contributed by atoms with Crippen molar-refractivity contribution in [3.05, 3.63) is 48.0 Å². The minimum absolute atomic E-state index is 0.0539. The van der Waals surface area contributed by atoms with Gasteiger partial charge in [-0.1, -0.05) is 24.3 Å². The Morgan fingerprint density at radius 2 is 1.88 bits per heavy atom. The summed E-state index contributed by atoms with van der Waals surface area (Å²) in [5, 5.41) is 12.4. The molecule has 0 aromatic heterocycles. The van der Waals surface area contributed by atoms with Gasteiger partial charge in [-0.15, -0.1) is 0 Å². The van der Waals surface area contributed by atoms with Gasteiger partial charge in [-0.25, -0.2) is 0 Å². The minimum atomic E-state index is -0.0539. The van der Waals surface area contributed by atoms with Crippen molar-refractivity contribution in [2.45, 2.75) is 6.42 Å². The zero-order valence-electron chi connectivity index (χ0n) is 9.10. The van der Waals surface area contributed by atoms with E-state index in [0.717, 1.165) is 22.4 Å². The summed E-state index contributed by atoms with van der Waals surface area (Å²) in [6.45, 7) is 0. The molecule has 2 aromatic rings. The molecule has 0 saturated heterocycles. The fourth-order valence-corrected chi connectivity index (χ4v) is 2.18. The highest BCUT2D eigenvalue weighted by atomic mass is 16.3. The standard InChI is InChI=1S/C14H11NO2/c16-10-5-6-11-9(7-10)8-14(17)15-13-4-2-1-3-12(11)13/h1-7,16H,8H2,(H,15,17). The first-order chi connectivity index (χ1) is 8.24. The molecule has 0 fully saturated rings. The van der Waals surface area contributed by atoms with Crippen molar-refractivity contribution < 1.29 is 9.90 Å². The molecule has 2 aromatic carbocycles. The molecule has 0 radical (unpaired) electrons. The third kappa shape index (κ3) is 1.65. The summed E-state index contributed by atoms with van der Waals surface area (Å²) in [6.07, 6.45) is 0.290. The predicted molar refractivity (Wildman–Crippen MR) is 65.9 cm³/mol. The third-order valence-corrected chi connectivity index (χ3v) is 2.93. The molecule has 0 aliphatic carbocycles. The van der Waals surface area contributed by atoms with Crippen LogP contribution in [0.2, 0.25) is 0 Å². The number of anilines is 1. The number of phenolic OH excluding ortho intramolecular Hbond substituents is 1. The van der Waals surface area contributed by atoms with E-state index in [1.807, 2.05) is 30.3 Å². The van der Waals surface area contributed by atoms with Gasteiger partial charge in [-0.05, 0) is 29.3 Å². The van der Waals surface area contributed by atoms with Gasteiger partial charge in [-0.3, -0.25) is 4.79 Å². The first kappa shape index (κ1) is 9.90. The van der Waals surface area contributed by atoms with Crippen LogP contribution in [0.25, 0.3) is 11.1 Å². The molecule has 84 valence electrons. The molecule has 0 bridgehead atoms.